The van der Waals surface area contributed by atoms with Crippen LogP contribution < -0.4 is 5.32 Å². The van der Waals surface area contributed by atoms with E-state index in [0.717, 1.165) is 49.6 Å². The van der Waals surface area contributed by atoms with E-state index in [-0.39, 0.29) is 36.3 Å². The number of hydrogen-bond donors (Lipinski definition) is 1. The van der Waals surface area contributed by atoms with Crippen LogP contribution in [0.2, 0.25) is 0 Å². The van der Waals surface area contributed by atoms with Gasteiger partial charge < -0.3 is 19.7 Å². The van der Waals surface area contributed by atoms with Crippen LogP contribution in [0.1, 0.15) is 71.9 Å². The Kier molecular flexibility index (Phi) is 7.29. The van der Waals surface area contributed by atoms with Crippen molar-refractivity contribution in [3.63, 3.8) is 0 Å². The predicted octanol–water partition coefficient (Wildman–Crippen LogP) is 6.80. The molecule has 1 amide bonds. The number of anilines is 1. The monoisotopic (exact) mass is 605 g/mol. The molecule has 3 aromatic heterocycles. The van der Waals surface area contributed by atoms with Gasteiger partial charge in [-0.1, -0.05) is 0 Å². The third-order valence-electron chi connectivity index (χ3n) is 8.53. The Morgan fingerprint density at radius 3 is 2.65 bits per heavy atom. The Hall–Kier alpha value is -3.64. The number of halogens is 1. The van der Waals surface area contributed by atoms with Gasteiger partial charge in [0.25, 0.3) is 0 Å². The summed E-state index contributed by atoms with van der Waals surface area (Å²) in [6.07, 6.45) is 9.84. The summed E-state index contributed by atoms with van der Waals surface area (Å²) in [6, 6.07) is 5.76. The second kappa shape index (κ2) is 11.1. The number of fused-ring (bicyclic) bond motifs is 3. The average Bonchev–Trinajstić information content (AvgIpc) is 3.71. The molecule has 6 heterocycles. The lowest BCUT2D eigenvalue weighted by Crippen LogP contribution is -2.51. The fourth-order valence-corrected chi connectivity index (χ4v) is 7.50. The van der Waals surface area contributed by atoms with Crippen LogP contribution in [0.15, 0.2) is 36.1 Å². The van der Waals surface area contributed by atoms with Crippen LogP contribution in [0.3, 0.4) is 0 Å². The number of ether oxygens (including phenoxy) is 2. The minimum absolute atomic E-state index is 0.120. The number of thiazole rings is 1. The molecule has 12 heteroatoms. The van der Waals surface area contributed by atoms with Gasteiger partial charge in [0.1, 0.15) is 23.5 Å². The van der Waals surface area contributed by atoms with E-state index in [1.165, 1.54) is 17.4 Å². The first-order valence-corrected chi connectivity index (χ1v) is 16.0. The Balaban J connectivity index is 1.07. The Bertz CT molecular complexity index is 1610. The number of rotatable bonds is 5. The lowest BCUT2D eigenvalue weighted by atomic mass is 9.97. The summed E-state index contributed by atoms with van der Waals surface area (Å²) in [4.78, 5) is 19.3. The minimum atomic E-state index is -0.510. The highest BCUT2D eigenvalue weighted by molar-refractivity contribution is 7.17. The Morgan fingerprint density at radius 2 is 1.95 bits per heavy atom. The van der Waals surface area contributed by atoms with Crippen molar-refractivity contribution in [2.45, 2.75) is 95.7 Å². The van der Waals surface area contributed by atoms with Crippen molar-refractivity contribution < 1.29 is 18.7 Å². The van der Waals surface area contributed by atoms with Gasteiger partial charge in [0.15, 0.2) is 0 Å². The van der Waals surface area contributed by atoms with Crippen LogP contribution in [0.4, 0.5) is 15.0 Å². The van der Waals surface area contributed by atoms with Crippen molar-refractivity contribution in [1.82, 2.24) is 29.9 Å². The van der Waals surface area contributed by atoms with Gasteiger partial charge >= 0.3 is 6.09 Å². The number of aromatic nitrogens is 5. The fraction of sp³-hybridized carbons (Fsp3) is 0.516. The maximum absolute atomic E-state index is 15.7. The number of amides is 1. The molecule has 3 saturated heterocycles. The molecule has 226 valence electrons. The molecule has 3 aliphatic rings. The zero-order valence-electron chi connectivity index (χ0n) is 24.6. The van der Waals surface area contributed by atoms with E-state index in [9.17, 15) is 4.79 Å². The van der Waals surface area contributed by atoms with Crippen LogP contribution in [-0.2, 0) is 9.47 Å². The third kappa shape index (κ3) is 5.58. The van der Waals surface area contributed by atoms with Gasteiger partial charge in [0.2, 0.25) is 0 Å². The van der Waals surface area contributed by atoms with E-state index >= 15 is 4.39 Å². The maximum Gasteiger partial charge on any atom is 0.410 e. The van der Waals surface area contributed by atoms with Crippen LogP contribution in [-0.4, -0.2) is 66.3 Å². The summed E-state index contributed by atoms with van der Waals surface area (Å²) in [5.74, 6) is 0.280. The number of carbonyl (C=O) groups is 1. The van der Waals surface area contributed by atoms with E-state index in [4.69, 9.17) is 9.47 Å². The summed E-state index contributed by atoms with van der Waals surface area (Å²) in [7, 11) is 0. The average molecular weight is 606 g/mol. The molecule has 1 aromatic carbocycles. The van der Waals surface area contributed by atoms with E-state index in [1.807, 2.05) is 44.0 Å². The maximum atomic E-state index is 15.7. The quantitative estimate of drug-likeness (QED) is 0.265. The summed E-state index contributed by atoms with van der Waals surface area (Å²) in [5, 5.41) is 16.9. The summed E-state index contributed by atoms with van der Waals surface area (Å²) >= 11 is 1.45. The molecule has 0 aliphatic carbocycles. The summed E-state index contributed by atoms with van der Waals surface area (Å²) < 4.78 is 29.9. The van der Waals surface area contributed by atoms with Gasteiger partial charge in [-0.15, -0.1) is 21.5 Å². The molecular weight excluding hydrogens is 569 g/mol. The zero-order valence-corrected chi connectivity index (χ0v) is 25.4. The van der Waals surface area contributed by atoms with Crippen LogP contribution in [0.25, 0.3) is 32.6 Å². The highest BCUT2D eigenvalue weighted by atomic mass is 32.1. The third-order valence-corrected chi connectivity index (χ3v) is 9.39. The first-order chi connectivity index (χ1) is 20.7. The van der Waals surface area contributed by atoms with Gasteiger partial charge in [0.05, 0.1) is 27.6 Å². The van der Waals surface area contributed by atoms with Crippen molar-refractivity contribution in [2.24, 2.45) is 0 Å². The molecule has 3 fully saturated rings. The van der Waals surface area contributed by atoms with Crippen LogP contribution in [0.5, 0.6) is 0 Å². The standard InChI is InChI=1S/C31H36FN7O3S/c1-31(2,3)42-30(40)39-20-7-8-21(39)13-19(12-20)35-25-10-9-24(36-37-25)22-14-23(32)27(28-29(22)43-17-33-28)18-15-34-38(16-18)26-6-4-5-11-41-26/h9-10,14-17,19-21,26H,4-8,11-13H2,1-3H3,(H,35,37)/t19?,20-,21?,26?/m0/s1. The molecule has 4 aromatic rings. The summed E-state index contributed by atoms with van der Waals surface area (Å²) in [5.41, 5.74) is 4.14. The molecule has 0 saturated carbocycles. The van der Waals surface area contributed by atoms with Gasteiger partial charge in [-0.3, -0.25) is 0 Å². The second-order valence-electron chi connectivity index (χ2n) is 12.7. The first-order valence-electron chi connectivity index (χ1n) is 15.1. The fourth-order valence-electron chi connectivity index (χ4n) is 6.68. The predicted molar refractivity (Wildman–Crippen MR) is 162 cm³/mol. The first kappa shape index (κ1) is 28.1. The molecule has 4 atom stereocenters. The lowest BCUT2D eigenvalue weighted by molar-refractivity contribution is -0.0394. The molecule has 3 aliphatic heterocycles. The minimum Gasteiger partial charge on any atom is -0.444 e. The SMILES string of the molecule is CC(C)(C)OC(=O)N1C2CC[C@H]1CC(Nc1ccc(-c3cc(F)c(-c4cnn(C5CCCCO5)c4)c4ncsc34)nn1)C2. The number of nitrogens with one attached hydrogen (secondary N) is 1. The van der Waals surface area contributed by atoms with Gasteiger partial charge in [0, 0.05) is 47.6 Å². The van der Waals surface area contributed by atoms with Crippen molar-refractivity contribution in [3.05, 3.63) is 41.9 Å². The van der Waals surface area contributed by atoms with Crippen LogP contribution >= 0.6 is 11.3 Å². The van der Waals surface area contributed by atoms with Crippen molar-refractivity contribution in [3.8, 4) is 22.4 Å². The Morgan fingerprint density at radius 1 is 1.14 bits per heavy atom. The Labute approximate surface area is 253 Å². The number of carbonyl (C=O) groups excluding carboxylic acids is 1. The smallest absolute Gasteiger partial charge is 0.410 e. The number of piperidine rings is 1. The topological polar surface area (TPSA) is 107 Å². The van der Waals surface area contributed by atoms with Crippen molar-refractivity contribution in [2.75, 3.05) is 11.9 Å². The molecule has 3 unspecified atom stereocenters. The van der Waals surface area contributed by atoms with Crippen molar-refractivity contribution in [1.29, 1.82) is 0 Å². The second-order valence-corrected chi connectivity index (χ2v) is 13.6. The van der Waals surface area contributed by atoms with Crippen molar-refractivity contribution >= 4 is 33.5 Å². The van der Waals surface area contributed by atoms with E-state index < -0.39 is 5.60 Å². The number of benzene rings is 1. The van der Waals surface area contributed by atoms with E-state index in [2.05, 4.69) is 25.6 Å². The highest BCUT2D eigenvalue weighted by Gasteiger charge is 2.45. The summed E-state index contributed by atoms with van der Waals surface area (Å²) in [6.45, 7) is 6.41. The largest absolute Gasteiger partial charge is 0.444 e. The molecular formula is C31H36FN7O3S. The molecule has 0 spiro atoms. The van der Waals surface area contributed by atoms with Crippen LogP contribution in [0, 0.1) is 5.82 Å². The molecule has 0 radical (unpaired) electrons. The normalized spacial score (nSPS) is 24.0. The van der Waals surface area contributed by atoms with Gasteiger partial charge in [-0.2, -0.15) is 5.10 Å². The lowest BCUT2D eigenvalue weighted by Gasteiger charge is -2.39. The molecule has 43 heavy (non-hydrogen) atoms. The molecule has 10 nitrogen and oxygen atoms in total. The van der Waals surface area contributed by atoms with E-state index in [0.29, 0.717) is 40.3 Å². The van der Waals surface area contributed by atoms with E-state index in [1.54, 1.807) is 16.4 Å². The highest BCUT2D eigenvalue weighted by Crippen LogP contribution is 2.40. The van der Waals surface area contributed by atoms with Gasteiger partial charge in [-0.25, -0.2) is 18.9 Å². The number of hydrogen-bond acceptors (Lipinski definition) is 9. The number of nitrogens with zero attached hydrogens (tertiary/aromatic N) is 6. The molecule has 2 bridgehead atoms. The molecule has 1 N–H and O–H groups in total. The zero-order chi connectivity index (χ0) is 29.7. The molecule has 7 rings (SSSR count). The van der Waals surface area contributed by atoms with Gasteiger partial charge in [-0.05, 0) is 83.9 Å².